The van der Waals surface area contributed by atoms with Gasteiger partial charge in [-0.25, -0.2) is 9.97 Å². The zero-order valence-corrected chi connectivity index (χ0v) is 10.5. The van der Waals surface area contributed by atoms with E-state index in [0.717, 1.165) is 12.2 Å². The summed E-state index contributed by atoms with van der Waals surface area (Å²) in [6.07, 6.45) is 1.14. The second-order valence-electron chi connectivity index (χ2n) is 2.96. The van der Waals surface area contributed by atoms with E-state index < -0.39 is 0 Å². The fourth-order valence-electron chi connectivity index (χ4n) is 0.834. The topological polar surface area (TPSA) is 25.8 Å². The minimum atomic E-state index is 0.407. The zero-order chi connectivity index (χ0) is 10.6. The van der Waals surface area contributed by atoms with Crippen molar-refractivity contribution in [2.45, 2.75) is 31.3 Å². The third-order valence-corrected chi connectivity index (χ3v) is 3.50. The summed E-state index contributed by atoms with van der Waals surface area (Å²) in [7, 11) is 0. The monoisotopic (exact) mass is 250 g/mol. The Balaban J connectivity index is 2.58. The average Bonchev–Trinajstić information content (AvgIpc) is 2.12. The van der Waals surface area contributed by atoms with E-state index in [1.807, 2.05) is 0 Å². The van der Waals surface area contributed by atoms with E-state index in [2.05, 4.69) is 23.8 Å². The summed E-state index contributed by atoms with van der Waals surface area (Å²) in [6.45, 7) is 4.33. The van der Waals surface area contributed by atoms with Gasteiger partial charge in [0.05, 0.1) is 5.75 Å². The van der Waals surface area contributed by atoms with Gasteiger partial charge in [-0.15, -0.1) is 0 Å². The molecule has 0 spiro atoms. The highest BCUT2D eigenvalue weighted by Gasteiger charge is 2.04. The summed E-state index contributed by atoms with van der Waals surface area (Å²) in [5, 5.41) is 1.42. The maximum Gasteiger partial charge on any atom is 0.141 e. The van der Waals surface area contributed by atoms with E-state index in [4.69, 9.17) is 23.2 Å². The number of thioether (sulfide) groups is 1. The largest absolute Gasteiger partial charge is 0.220 e. The molecule has 0 aromatic carbocycles. The van der Waals surface area contributed by atoms with Gasteiger partial charge in [0.2, 0.25) is 0 Å². The zero-order valence-electron chi connectivity index (χ0n) is 8.13. The Hall–Kier alpha value is 0.01000. The molecule has 0 aliphatic rings. The molecule has 14 heavy (non-hydrogen) atoms. The highest BCUT2D eigenvalue weighted by molar-refractivity contribution is 7.99. The molecule has 0 N–H and O–H groups in total. The molecule has 1 rings (SSSR count). The van der Waals surface area contributed by atoms with Crippen molar-refractivity contribution in [3.8, 4) is 0 Å². The molecule has 78 valence electrons. The lowest BCUT2D eigenvalue weighted by atomic mass is 10.4. The van der Waals surface area contributed by atoms with Gasteiger partial charge < -0.3 is 0 Å². The Morgan fingerprint density at radius 3 is 2.43 bits per heavy atom. The van der Waals surface area contributed by atoms with Gasteiger partial charge in [-0.1, -0.05) is 37.0 Å². The molecule has 1 heterocycles. The minimum Gasteiger partial charge on any atom is -0.220 e. The Morgan fingerprint density at radius 2 is 1.93 bits per heavy atom. The molecular formula is C9H12Cl2N2S. The van der Waals surface area contributed by atoms with E-state index >= 15 is 0 Å². The molecule has 0 bridgehead atoms. The van der Waals surface area contributed by atoms with E-state index in [1.54, 1.807) is 17.8 Å². The first-order valence-electron chi connectivity index (χ1n) is 4.42. The predicted octanol–water partition coefficient (Wildman–Crippen LogP) is 3.82. The Bertz CT molecular complexity index is 287. The molecule has 0 aliphatic heterocycles. The summed E-state index contributed by atoms with van der Waals surface area (Å²) in [4.78, 5) is 8.18. The lowest BCUT2D eigenvalue weighted by Crippen LogP contribution is -1.98. The molecule has 1 unspecified atom stereocenters. The lowest BCUT2D eigenvalue weighted by Gasteiger charge is -2.06. The van der Waals surface area contributed by atoms with Crippen molar-refractivity contribution >= 4 is 35.0 Å². The molecule has 1 atom stereocenters. The van der Waals surface area contributed by atoms with E-state index in [1.165, 1.54) is 0 Å². The van der Waals surface area contributed by atoms with Gasteiger partial charge in [-0.2, -0.15) is 11.8 Å². The van der Waals surface area contributed by atoms with Crippen LogP contribution in [0.1, 0.15) is 26.1 Å². The second-order valence-corrected chi connectivity index (χ2v) is 5.16. The quantitative estimate of drug-likeness (QED) is 0.761. The highest BCUT2D eigenvalue weighted by Crippen LogP contribution is 2.20. The summed E-state index contributed by atoms with van der Waals surface area (Å²) in [6, 6.07) is 1.54. The van der Waals surface area contributed by atoms with Crippen molar-refractivity contribution in [3.63, 3.8) is 0 Å². The maximum atomic E-state index is 5.75. The molecule has 0 radical (unpaired) electrons. The molecule has 5 heteroatoms. The molecule has 0 amide bonds. The Morgan fingerprint density at radius 1 is 1.36 bits per heavy atom. The van der Waals surface area contributed by atoms with Gasteiger partial charge in [0.1, 0.15) is 16.1 Å². The van der Waals surface area contributed by atoms with Crippen molar-refractivity contribution in [2.24, 2.45) is 0 Å². The van der Waals surface area contributed by atoms with Crippen molar-refractivity contribution < 1.29 is 0 Å². The van der Waals surface area contributed by atoms with Crippen LogP contribution >= 0.6 is 35.0 Å². The number of hydrogen-bond acceptors (Lipinski definition) is 3. The standard InChI is InChI=1S/C9H12Cl2N2S/c1-3-6(2)14-5-9-12-7(10)4-8(11)13-9/h4,6H,3,5H2,1-2H3. The van der Waals surface area contributed by atoms with Crippen LogP contribution in [-0.2, 0) is 5.75 Å². The third kappa shape index (κ3) is 4.03. The molecular weight excluding hydrogens is 239 g/mol. The Labute approximate surface area is 98.4 Å². The maximum absolute atomic E-state index is 5.75. The highest BCUT2D eigenvalue weighted by atomic mass is 35.5. The first-order valence-corrected chi connectivity index (χ1v) is 6.23. The van der Waals surface area contributed by atoms with Crippen LogP contribution in [0.15, 0.2) is 6.07 Å². The molecule has 0 fully saturated rings. The van der Waals surface area contributed by atoms with Crippen LogP contribution in [0.3, 0.4) is 0 Å². The van der Waals surface area contributed by atoms with Gasteiger partial charge in [-0.05, 0) is 6.42 Å². The first kappa shape index (κ1) is 12.1. The predicted molar refractivity (Wildman–Crippen MR) is 63.1 cm³/mol. The van der Waals surface area contributed by atoms with Crippen LogP contribution < -0.4 is 0 Å². The van der Waals surface area contributed by atoms with E-state index in [-0.39, 0.29) is 0 Å². The fraction of sp³-hybridized carbons (Fsp3) is 0.556. The summed E-state index contributed by atoms with van der Waals surface area (Å²) in [5.74, 6) is 1.46. The van der Waals surface area contributed by atoms with Crippen LogP contribution in [0.4, 0.5) is 0 Å². The van der Waals surface area contributed by atoms with Gasteiger partial charge in [0, 0.05) is 11.3 Å². The number of aromatic nitrogens is 2. The van der Waals surface area contributed by atoms with Crippen molar-refractivity contribution in [1.82, 2.24) is 9.97 Å². The number of hydrogen-bond donors (Lipinski definition) is 0. The summed E-state index contributed by atoms with van der Waals surface area (Å²) >= 11 is 13.3. The number of rotatable bonds is 4. The Kier molecular flexibility index (Phi) is 4.99. The van der Waals surface area contributed by atoms with Crippen molar-refractivity contribution in [2.75, 3.05) is 0 Å². The van der Waals surface area contributed by atoms with Gasteiger partial charge >= 0.3 is 0 Å². The van der Waals surface area contributed by atoms with Crippen molar-refractivity contribution in [3.05, 3.63) is 22.2 Å². The van der Waals surface area contributed by atoms with Crippen LogP contribution in [0, 0.1) is 0 Å². The van der Waals surface area contributed by atoms with Crippen LogP contribution in [0.5, 0.6) is 0 Å². The minimum absolute atomic E-state index is 0.407. The molecule has 1 aromatic heterocycles. The summed E-state index contributed by atoms with van der Waals surface area (Å²) in [5.41, 5.74) is 0. The van der Waals surface area contributed by atoms with Crippen LogP contribution in [0.2, 0.25) is 10.3 Å². The molecule has 0 saturated carbocycles. The first-order chi connectivity index (χ1) is 6.61. The lowest BCUT2D eigenvalue weighted by molar-refractivity contribution is 0.901. The average molecular weight is 251 g/mol. The van der Waals surface area contributed by atoms with Crippen LogP contribution in [0.25, 0.3) is 0 Å². The number of halogens is 2. The van der Waals surface area contributed by atoms with Gasteiger partial charge in [0.25, 0.3) is 0 Å². The molecule has 0 aliphatic carbocycles. The van der Waals surface area contributed by atoms with Crippen molar-refractivity contribution in [1.29, 1.82) is 0 Å². The molecule has 1 aromatic rings. The second kappa shape index (κ2) is 5.79. The normalized spacial score (nSPS) is 12.9. The SMILES string of the molecule is CCC(C)SCc1nc(Cl)cc(Cl)n1. The third-order valence-electron chi connectivity index (χ3n) is 1.78. The molecule has 2 nitrogen and oxygen atoms in total. The van der Waals surface area contributed by atoms with Gasteiger partial charge in [0.15, 0.2) is 0 Å². The van der Waals surface area contributed by atoms with Gasteiger partial charge in [-0.3, -0.25) is 0 Å². The fourth-order valence-corrected chi connectivity index (χ4v) is 2.09. The smallest absolute Gasteiger partial charge is 0.141 e. The van der Waals surface area contributed by atoms with Crippen LogP contribution in [-0.4, -0.2) is 15.2 Å². The van der Waals surface area contributed by atoms with E-state index in [9.17, 15) is 0 Å². The number of nitrogens with zero attached hydrogens (tertiary/aromatic N) is 2. The van der Waals surface area contributed by atoms with E-state index in [0.29, 0.717) is 21.4 Å². The summed E-state index contributed by atoms with van der Waals surface area (Å²) < 4.78 is 0. The molecule has 0 saturated heterocycles.